The van der Waals surface area contributed by atoms with Crippen molar-refractivity contribution >= 4 is 11.9 Å². The molecule has 144 valence electrons. The summed E-state index contributed by atoms with van der Waals surface area (Å²) in [5, 5.41) is 6.02. The molecule has 6 nitrogen and oxygen atoms in total. The van der Waals surface area contributed by atoms with E-state index < -0.39 is 12.0 Å². The predicted molar refractivity (Wildman–Crippen MR) is 104 cm³/mol. The lowest BCUT2D eigenvalue weighted by Gasteiger charge is -2.23. The van der Waals surface area contributed by atoms with Gasteiger partial charge in [0.2, 0.25) is 5.91 Å². The van der Waals surface area contributed by atoms with Crippen molar-refractivity contribution in [3.63, 3.8) is 0 Å². The van der Waals surface area contributed by atoms with E-state index in [2.05, 4.69) is 15.6 Å². The van der Waals surface area contributed by atoms with Gasteiger partial charge < -0.3 is 10.1 Å². The molecule has 0 aliphatic heterocycles. The molecule has 1 heterocycles. The summed E-state index contributed by atoms with van der Waals surface area (Å²) in [6, 6.07) is 14.6. The van der Waals surface area contributed by atoms with E-state index in [1.54, 1.807) is 6.20 Å². The summed E-state index contributed by atoms with van der Waals surface area (Å²) in [4.78, 5) is 28.8. The Morgan fingerprint density at radius 1 is 1.11 bits per heavy atom. The van der Waals surface area contributed by atoms with E-state index in [4.69, 9.17) is 4.74 Å². The Kier molecular flexibility index (Phi) is 7.95. The van der Waals surface area contributed by atoms with Crippen LogP contribution in [0.25, 0.3) is 0 Å². The number of nitrogens with one attached hydrogen (secondary N) is 2. The molecule has 0 aliphatic rings. The molecule has 0 aliphatic carbocycles. The molecule has 6 heteroatoms. The van der Waals surface area contributed by atoms with Crippen molar-refractivity contribution in [2.24, 2.45) is 5.92 Å². The van der Waals surface area contributed by atoms with Gasteiger partial charge in [-0.05, 0) is 23.6 Å². The van der Waals surface area contributed by atoms with Crippen molar-refractivity contribution in [1.29, 1.82) is 0 Å². The lowest BCUT2D eigenvalue weighted by molar-refractivity contribution is -0.146. The van der Waals surface area contributed by atoms with E-state index in [0.29, 0.717) is 0 Å². The van der Waals surface area contributed by atoms with Gasteiger partial charge in [-0.3, -0.25) is 15.1 Å². The number of nitrogens with zero attached hydrogens (tertiary/aromatic N) is 1. The summed E-state index contributed by atoms with van der Waals surface area (Å²) in [5.41, 5.74) is 1.83. The molecule has 1 aromatic heterocycles. The summed E-state index contributed by atoms with van der Waals surface area (Å²) in [5.74, 6) is -0.702. The maximum absolute atomic E-state index is 12.5. The van der Waals surface area contributed by atoms with Gasteiger partial charge in [-0.15, -0.1) is 0 Å². The zero-order valence-corrected chi connectivity index (χ0v) is 16.0. The molecule has 0 spiro atoms. The molecule has 2 rings (SSSR count). The van der Waals surface area contributed by atoms with Crippen LogP contribution in [0.3, 0.4) is 0 Å². The fourth-order valence-corrected chi connectivity index (χ4v) is 2.80. The number of carbonyl (C=O) groups excluding carboxylic acids is 2. The van der Waals surface area contributed by atoms with E-state index in [1.165, 1.54) is 7.11 Å². The summed E-state index contributed by atoms with van der Waals surface area (Å²) < 4.78 is 4.82. The van der Waals surface area contributed by atoms with Gasteiger partial charge in [0.25, 0.3) is 0 Å². The van der Waals surface area contributed by atoms with Crippen molar-refractivity contribution in [1.82, 2.24) is 15.6 Å². The molecule has 0 radical (unpaired) electrons. The van der Waals surface area contributed by atoms with Gasteiger partial charge >= 0.3 is 5.97 Å². The number of hydrogen-bond donors (Lipinski definition) is 2. The van der Waals surface area contributed by atoms with Crippen LogP contribution in [0, 0.1) is 5.92 Å². The lowest BCUT2D eigenvalue weighted by atomic mass is 9.99. The van der Waals surface area contributed by atoms with Crippen molar-refractivity contribution in [2.45, 2.75) is 32.4 Å². The number of carbonyl (C=O) groups is 2. The molecule has 2 aromatic rings. The summed E-state index contributed by atoms with van der Waals surface area (Å²) in [6.07, 6.45) is 2.48. The number of pyridine rings is 1. The Balaban J connectivity index is 2.08. The minimum absolute atomic E-state index is 0.0119. The Morgan fingerprint density at radius 3 is 2.41 bits per heavy atom. The minimum atomic E-state index is -0.653. The van der Waals surface area contributed by atoms with Crippen molar-refractivity contribution in [3.8, 4) is 0 Å². The first kappa shape index (κ1) is 20.6. The van der Waals surface area contributed by atoms with Crippen LogP contribution in [0.5, 0.6) is 0 Å². The molecule has 0 fully saturated rings. The zero-order chi connectivity index (χ0) is 19.6. The number of ether oxygens (including phenoxy) is 1. The number of methoxy groups -OCH3 is 1. The third-order valence-corrected chi connectivity index (χ3v) is 4.57. The molecule has 27 heavy (non-hydrogen) atoms. The molecule has 0 bridgehead atoms. The van der Waals surface area contributed by atoms with Gasteiger partial charge in [-0.25, -0.2) is 4.79 Å². The van der Waals surface area contributed by atoms with E-state index in [0.717, 1.165) is 17.7 Å². The van der Waals surface area contributed by atoms with Crippen LogP contribution in [0.1, 0.15) is 37.6 Å². The third kappa shape index (κ3) is 5.89. The first-order valence-electron chi connectivity index (χ1n) is 9.13. The van der Waals surface area contributed by atoms with Crippen molar-refractivity contribution < 1.29 is 14.3 Å². The number of rotatable bonds is 9. The molecule has 1 aromatic carbocycles. The first-order valence-corrected chi connectivity index (χ1v) is 9.13. The summed E-state index contributed by atoms with van der Waals surface area (Å²) >= 11 is 0. The highest BCUT2D eigenvalue weighted by Crippen LogP contribution is 2.19. The number of benzene rings is 1. The summed E-state index contributed by atoms with van der Waals surface area (Å²) in [7, 11) is 1.33. The highest BCUT2D eigenvalue weighted by Gasteiger charge is 2.27. The predicted octanol–water partition coefficient (Wildman–Crippen LogP) is 2.46. The number of hydrogen-bond acceptors (Lipinski definition) is 5. The number of aromatic nitrogens is 1. The van der Waals surface area contributed by atoms with Crippen LogP contribution in [0.15, 0.2) is 54.7 Å². The van der Waals surface area contributed by atoms with Gasteiger partial charge in [0, 0.05) is 6.20 Å². The molecule has 3 atom stereocenters. The van der Waals surface area contributed by atoms with Crippen LogP contribution in [-0.2, 0) is 14.3 Å². The molecule has 0 saturated carbocycles. The Morgan fingerprint density at radius 2 is 1.81 bits per heavy atom. The van der Waals surface area contributed by atoms with Crippen molar-refractivity contribution in [3.05, 3.63) is 66.0 Å². The fourth-order valence-electron chi connectivity index (χ4n) is 2.80. The van der Waals surface area contributed by atoms with Gasteiger partial charge in [0.05, 0.1) is 25.4 Å². The molecule has 3 unspecified atom stereocenters. The van der Waals surface area contributed by atoms with Crippen LogP contribution in [0.2, 0.25) is 0 Å². The fraction of sp³-hybridized carbons (Fsp3) is 0.381. The molecular weight excluding hydrogens is 342 g/mol. The van der Waals surface area contributed by atoms with E-state index in [9.17, 15) is 9.59 Å². The van der Waals surface area contributed by atoms with Gasteiger partial charge in [0.15, 0.2) is 0 Å². The SMILES string of the molecule is CCC(C)C(NC(=O)CNC(c1ccccc1)c1ccccn1)C(=O)OC. The highest BCUT2D eigenvalue weighted by molar-refractivity contribution is 5.85. The minimum Gasteiger partial charge on any atom is -0.467 e. The number of amides is 1. The lowest BCUT2D eigenvalue weighted by Crippen LogP contribution is -2.48. The first-order chi connectivity index (χ1) is 13.1. The van der Waals surface area contributed by atoms with Crippen LogP contribution >= 0.6 is 0 Å². The van der Waals surface area contributed by atoms with Gasteiger partial charge in [-0.2, -0.15) is 0 Å². The quantitative estimate of drug-likeness (QED) is 0.664. The molecule has 1 amide bonds. The smallest absolute Gasteiger partial charge is 0.328 e. The third-order valence-electron chi connectivity index (χ3n) is 4.57. The second-order valence-corrected chi connectivity index (χ2v) is 6.43. The molecule has 0 saturated heterocycles. The average Bonchev–Trinajstić information content (AvgIpc) is 2.72. The maximum Gasteiger partial charge on any atom is 0.328 e. The van der Waals surface area contributed by atoms with E-state index in [1.807, 2.05) is 62.4 Å². The maximum atomic E-state index is 12.5. The van der Waals surface area contributed by atoms with Crippen molar-refractivity contribution in [2.75, 3.05) is 13.7 Å². The van der Waals surface area contributed by atoms with Gasteiger partial charge in [0.1, 0.15) is 6.04 Å². The van der Waals surface area contributed by atoms with E-state index in [-0.39, 0.29) is 24.4 Å². The zero-order valence-electron chi connectivity index (χ0n) is 16.0. The molecular formula is C21H27N3O3. The summed E-state index contributed by atoms with van der Waals surface area (Å²) in [6.45, 7) is 3.94. The van der Waals surface area contributed by atoms with Crippen LogP contribution < -0.4 is 10.6 Å². The van der Waals surface area contributed by atoms with Crippen LogP contribution in [0.4, 0.5) is 0 Å². The number of esters is 1. The molecule has 2 N–H and O–H groups in total. The monoisotopic (exact) mass is 369 g/mol. The highest BCUT2D eigenvalue weighted by atomic mass is 16.5. The topological polar surface area (TPSA) is 80.3 Å². The Labute approximate surface area is 160 Å². The average molecular weight is 369 g/mol. The standard InChI is InChI=1S/C21H27N3O3/c1-4-15(2)19(21(26)27-3)24-18(25)14-23-20(16-10-6-5-7-11-16)17-12-8-9-13-22-17/h5-13,15,19-20,23H,4,14H2,1-3H3,(H,24,25). The normalized spacial score (nSPS) is 14.0. The second kappa shape index (κ2) is 10.4. The van der Waals surface area contributed by atoms with E-state index >= 15 is 0 Å². The largest absolute Gasteiger partial charge is 0.467 e. The second-order valence-electron chi connectivity index (χ2n) is 6.43. The van der Waals surface area contributed by atoms with Gasteiger partial charge in [-0.1, -0.05) is 56.7 Å². The Bertz CT molecular complexity index is 682. The van der Waals surface area contributed by atoms with Crippen LogP contribution in [-0.4, -0.2) is 36.6 Å². The Hall–Kier alpha value is -2.73.